The number of nitrogens with one attached hydrogen (secondary N) is 2. The Kier molecular flexibility index (Phi) is 4.87. The summed E-state index contributed by atoms with van der Waals surface area (Å²) < 4.78 is 32.6. The summed E-state index contributed by atoms with van der Waals surface area (Å²) in [5, 5.41) is 4.64. The van der Waals surface area contributed by atoms with Gasteiger partial charge in [0.05, 0.1) is 17.7 Å². The van der Waals surface area contributed by atoms with Gasteiger partial charge in [0.2, 0.25) is 0 Å². The maximum atomic E-state index is 12.4. The van der Waals surface area contributed by atoms with Gasteiger partial charge in [0.1, 0.15) is 5.75 Å². The molecule has 114 valence electrons. The first kappa shape index (κ1) is 15.8. The third-order valence-electron chi connectivity index (χ3n) is 2.89. The number of anilines is 1. The Labute approximate surface area is 129 Å². The minimum absolute atomic E-state index is 0.265. The molecule has 7 heteroatoms. The van der Waals surface area contributed by atoms with Crippen molar-refractivity contribution in [3.8, 4) is 5.75 Å². The number of aryl methyl sites for hydroxylation is 1. The van der Waals surface area contributed by atoms with Crippen molar-refractivity contribution in [1.29, 1.82) is 0 Å². The number of hydrogen-bond acceptors (Lipinski definition) is 5. The van der Waals surface area contributed by atoms with Gasteiger partial charge in [-0.2, -0.15) is 0 Å². The van der Waals surface area contributed by atoms with Crippen molar-refractivity contribution in [2.45, 2.75) is 18.4 Å². The Hall–Kier alpha value is -1.57. The molecule has 0 saturated heterocycles. The molecule has 0 unspecified atom stereocenters. The van der Waals surface area contributed by atoms with Crippen molar-refractivity contribution in [3.05, 3.63) is 40.1 Å². The van der Waals surface area contributed by atoms with Gasteiger partial charge in [-0.25, -0.2) is 8.42 Å². The standard InChI is InChI=1S/C14H18N2O3S2/c1-10-4-5-14(19-3)13(6-10)16-21(17,18)12-7-11(8-15-2)20-9-12/h4-7,9,15-16H,8H2,1-3H3. The molecule has 0 spiro atoms. The van der Waals surface area contributed by atoms with E-state index in [-0.39, 0.29) is 4.90 Å². The molecule has 2 N–H and O–H groups in total. The molecule has 0 radical (unpaired) electrons. The second-order valence-electron chi connectivity index (χ2n) is 4.59. The van der Waals surface area contributed by atoms with E-state index >= 15 is 0 Å². The molecule has 2 aromatic rings. The fourth-order valence-corrected chi connectivity index (χ4v) is 4.22. The molecule has 0 amide bonds. The highest BCUT2D eigenvalue weighted by Gasteiger charge is 2.18. The predicted molar refractivity (Wildman–Crippen MR) is 85.6 cm³/mol. The predicted octanol–water partition coefficient (Wildman–Crippen LogP) is 2.59. The topological polar surface area (TPSA) is 67.4 Å². The van der Waals surface area contributed by atoms with Gasteiger partial charge in [0, 0.05) is 16.8 Å². The van der Waals surface area contributed by atoms with E-state index in [4.69, 9.17) is 4.74 Å². The van der Waals surface area contributed by atoms with E-state index in [0.29, 0.717) is 18.0 Å². The second-order valence-corrected chi connectivity index (χ2v) is 7.27. The maximum absolute atomic E-state index is 12.4. The van der Waals surface area contributed by atoms with Crippen LogP contribution in [0.15, 0.2) is 34.5 Å². The highest BCUT2D eigenvalue weighted by Crippen LogP contribution is 2.29. The molecule has 2 rings (SSSR count). The van der Waals surface area contributed by atoms with Gasteiger partial charge in [-0.1, -0.05) is 6.07 Å². The number of thiophene rings is 1. The normalized spacial score (nSPS) is 11.4. The highest BCUT2D eigenvalue weighted by molar-refractivity contribution is 7.92. The van der Waals surface area contributed by atoms with Crippen LogP contribution < -0.4 is 14.8 Å². The van der Waals surface area contributed by atoms with E-state index in [9.17, 15) is 8.42 Å². The summed E-state index contributed by atoms with van der Waals surface area (Å²) in [7, 11) is -0.272. The zero-order chi connectivity index (χ0) is 15.5. The van der Waals surface area contributed by atoms with E-state index in [1.54, 1.807) is 23.6 Å². The summed E-state index contributed by atoms with van der Waals surface area (Å²) >= 11 is 1.41. The molecule has 5 nitrogen and oxygen atoms in total. The molecule has 1 heterocycles. The first-order valence-corrected chi connectivity index (χ1v) is 8.72. The van der Waals surface area contributed by atoms with Crippen LogP contribution in [0.1, 0.15) is 10.4 Å². The number of ether oxygens (including phenoxy) is 1. The van der Waals surface area contributed by atoms with E-state index in [2.05, 4.69) is 10.0 Å². The van der Waals surface area contributed by atoms with E-state index in [0.717, 1.165) is 10.4 Å². The summed E-state index contributed by atoms with van der Waals surface area (Å²) in [6.45, 7) is 2.54. The Morgan fingerprint density at radius 1 is 1.29 bits per heavy atom. The third-order valence-corrected chi connectivity index (χ3v) is 5.32. The Morgan fingerprint density at radius 3 is 2.71 bits per heavy atom. The summed E-state index contributed by atoms with van der Waals surface area (Å²) in [6.07, 6.45) is 0. The Bertz CT molecular complexity index is 724. The van der Waals surface area contributed by atoms with Gasteiger partial charge in [0.15, 0.2) is 0 Å². The van der Waals surface area contributed by atoms with Crippen molar-refractivity contribution in [1.82, 2.24) is 5.32 Å². The van der Waals surface area contributed by atoms with Crippen LogP contribution in [-0.2, 0) is 16.6 Å². The van der Waals surface area contributed by atoms with Gasteiger partial charge in [-0.15, -0.1) is 11.3 Å². The number of hydrogen-bond donors (Lipinski definition) is 2. The molecule has 0 atom stereocenters. The average molecular weight is 326 g/mol. The second kappa shape index (κ2) is 6.46. The molecule has 0 aliphatic rings. The molecular weight excluding hydrogens is 308 g/mol. The first-order valence-electron chi connectivity index (χ1n) is 6.35. The Balaban J connectivity index is 2.30. The number of methoxy groups -OCH3 is 1. The molecule has 21 heavy (non-hydrogen) atoms. The fraction of sp³-hybridized carbons (Fsp3) is 0.286. The molecule has 1 aromatic carbocycles. The molecule has 0 fully saturated rings. The number of benzene rings is 1. The minimum atomic E-state index is -3.61. The lowest BCUT2D eigenvalue weighted by Gasteiger charge is -2.11. The fourth-order valence-electron chi connectivity index (χ4n) is 1.87. The molecule has 0 bridgehead atoms. The van der Waals surface area contributed by atoms with Gasteiger partial charge < -0.3 is 10.1 Å². The Morgan fingerprint density at radius 2 is 2.05 bits per heavy atom. The SMILES string of the molecule is CNCc1cc(S(=O)(=O)Nc2cc(C)ccc2OC)cs1. The lowest BCUT2D eigenvalue weighted by atomic mass is 10.2. The van der Waals surface area contributed by atoms with Crippen molar-refractivity contribution < 1.29 is 13.2 Å². The molecule has 0 saturated carbocycles. The summed E-state index contributed by atoms with van der Waals surface area (Å²) in [5.41, 5.74) is 1.40. The monoisotopic (exact) mass is 326 g/mol. The van der Waals surface area contributed by atoms with Crippen LogP contribution in [0.4, 0.5) is 5.69 Å². The first-order chi connectivity index (χ1) is 9.96. The van der Waals surface area contributed by atoms with E-state index in [1.165, 1.54) is 18.4 Å². The van der Waals surface area contributed by atoms with Crippen LogP contribution in [-0.4, -0.2) is 22.6 Å². The number of rotatable bonds is 6. The van der Waals surface area contributed by atoms with Gasteiger partial charge in [-0.05, 0) is 37.7 Å². The van der Waals surface area contributed by atoms with E-state index < -0.39 is 10.0 Å². The minimum Gasteiger partial charge on any atom is -0.495 e. The smallest absolute Gasteiger partial charge is 0.262 e. The lowest BCUT2D eigenvalue weighted by Crippen LogP contribution is -2.13. The average Bonchev–Trinajstić information content (AvgIpc) is 2.88. The number of sulfonamides is 1. The van der Waals surface area contributed by atoms with Crippen molar-refractivity contribution in [3.63, 3.8) is 0 Å². The van der Waals surface area contributed by atoms with Crippen LogP contribution in [0.3, 0.4) is 0 Å². The van der Waals surface area contributed by atoms with Gasteiger partial charge in [0.25, 0.3) is 10.0 Å². The third kappa shape index (κ3) is 3.75. The molecule has 0 aliphatic heterocycles. The zero-order valence-corrected chi connectivity index (χ0v) is 13.8. The van der Waals surface area contributed by atoms with Crippen molar-refractivity contribution in [2.24, 2.45) is 0 Å². The highest BCUT2D eigenvalue weighted by atomic mass is 32.2. The quantitative estimate of drug-likeness (QED) is 0.856. The van der Waals surface area contributed by atoms with Crippen LogP contribution in [0.2, 0.25) is 0 Å². The van der Waals surface area contributed by atoms with Crippen molar-refractivity contribution in [2.75, 3.05) is 18.9 Å². The van der Waals surface area contributed by atoms with Crippen LogP contribution in [0.25, 0.3) is 0 Å². The summed E-state index contributed by atoms with van der Waals surface area (Å²) in [4.78, 5) is 1.23. The summed E-state index contributed by atoms with van der Waals surface area (Å²) in [5.74, 6) is 0.495. The molecular formula is C14H18N2O3S2. The molecule has 1 aromatic heterocycles. The van der Waals surface area contributed by atoms with E-state index in [1.807, 2.05) is 20.0 Å². The van der Waals surface area contributed by atoms with Gasteiger partial charge in [-0.3, -0.25) is 4.72 Å². The van der Waals surface area contributed by atoms with Crippen LogP contribution in [0.5, 0.6) is 5.75 Å². The zero-order valence-electron chi connectivity index (χ0n) is 12.1. The van der Waals surface area contributed by atoms with Crippen LogP contribution >= 0.6 is 11.3 Å². The molecule has 0 aliphatic carbocycles. The maximum Gasteiger partial charge on any atom is 0.262 e. The summed E-state index contributed by atoms with van der Waals surface area (Å²) in [6, 6.07) is 7.03. The van der Waals surface area contributed by atoms with Crippen LogP contribution in [0, 0.1) is 6.92 Å². The largest absolute Gasteiger partial charge is 0.495 e. The lowest BCUT2D eigenvalue weighted by molar-refractivity contribution is 0.417. The van der Waals surface area contributed by atoms with Crippen molar-refractivity contribution >= 4 is 27.0 Å². The van der Waals surface area contributed by atoms with Gasteiger partial charge >= 0.3 is 0 Å².